The summed E-state index contributed by atoms with van der Waals surface area (Å²) >= 11 is 5.38. The fourth-order valence-corrected chi connectivity index (χ4v) is 1.15. The van der Waals surface area contributed by atoms with E-state index in [1.807, 2.05) is 0 Å². The molecule has 0 aromatic heterocycles. The summed E-state index contributed by atoms with van der Waals surface area (Å²) in [5.41, 5.74) is 0.166. The SMILES string of the molecule is Fc1ccc(CCCCl)c(F)c1F. The third-order valence-electron chi connectivity index (χ3n) is 1.69. The van der Waals surface area contributed by atoms with Crippen molar-refractivity contribution in [3.05, 3.63) is 35.1 Å². The van der Waals surface area contributed by atoms with E-state index in [-0.39, 0.29) is 5.56 Å². The quantitative estimate of drug-likeness (QED) is 0.528. The Hall–Kier alpha value is -0.700. The van der Waals surface area contributed by atoms with Crippen molar-refractivity contribution < 1.29 is 13.2 Å². The van der Waals surface area contributed by atoms with Gasteiger partial charge in [-0.15, -0.1) is 11.6 Å². The standard InChI is InChI=1S/C9H8ClF3/c10-5-1-2-6-3-4-7(11)9(13)8(6)12/h3-4H,1-2,5H2. The first-order valence-corrected chi connectivity index (χ1v) is 4.38. The number of aryl methyl sites for hydroxylation is 1. The third kappa shape index (κ3) is 2.37. The highest BCUT2D eigenvalue weighted by Crippen LogP contribution is 2.16. The van der Waals surface area contributed by atoms with Crippen LogP contribution in [-0.2, 0) is 6.42 Å². The van der Waals surface area contributed by atoms with Gasteiger partial charge in [0.2, 0.25) is 0 Å². The highest BCUT2D eigenvalue weighted by atomic mass is 35.5. The molecule has 0 saturated heterocycles. The van der Waals surface area contributed by atoms with Gasteiger partial charge in [-0.05, 0) is 24.5 Å². The smallest absolute Gasteiger partial charge is 0.194 e. The van der Waals surface area contributed by atoms with Gasteiger partial charge in [0, 0.05) is 5.88 Å². The largest absolute Gasteiger partial charge is 0.204 e. The number of benzene rings is 1. The molecule has 0 amide bonds. The average molecular weight is 209 g/mol. The van der Waals surface area contributed by atoms with Crippen LogP contribution in [0.5, 0.6) is 0 Å². The van der Waals surface area contributed by atoms with Crippen LogP contribution in [0, 0.1) is 17.5 Å². The molecular weight excluding hydrogens is 201 g/mol. The summed E-state index contributed by atoms with van der Waals surface area (Å²) in [6, 6.07) is 2.16. The van der Waals surface area contributed by atoms with Gasteiger partial charge in [0.1, 0.15) is 0 Å². The van der Waals surface area contributed by atoms with E-state index < -0.39 is 17.5 Å². The lowest BCUT2D eigenvalue weighted by atomic mass is 10.1. The van der Waals surface area contributed by atoms with Crippen LogP contribution in [0.3, 0.4) is 0 Å². The minimum absolute atomic E-state index is 0.166. The van der Waals surface area contributed by atoms with E-state index in [4.69, 9.17) is 11.6 Å². The Labute approximate surface area is 79.3 Å². The Morgan fingerprint density at radius 3 is 2.38 bits per heavy atom. The van der Waals surface area contributed by atoms with Gasteiger partial charge in [0.15, 0.2) is 17.5 Å². The lowest BCUT2D eigenvalue weighted by molar-refractivity contribution is 0.440. The number of rotatable bonds is 3. The Morgan fingerprint density at radius 2 is 1.77 bits per heavy atom. The van der Waals surface area contributed by atoms with Gasteiger partial charge in [-0.1, -0.05) is 6.07 Å². The van der Waals surface area contributed by atoms with E-state index in [0.29, 0.717) is 18.7 Å². The molecule has 0 N–H and O–H groups in total. The fraction of sp³-hybridized carbons (Fsp3) is 0.333. The van der Waals surface area contributed by atoms with E-state index in [1.165, 1.54) is 6.07 Å². The van der Waals surface area contributed by atoms with E-state index in [2.05, 4.69) is 0 Å². The van der Waals surface area contributed by atoms with Gasteiger partial charge in [0.25, 0.3) is 0 Å². The van der Waals surface area contributed by atoms with Gasteiger partial charge in [-0.25, -0.2) is 13.2 Å². The second-order valence-corrected chi connectivity index (χ2v) is 3.00. The van der Waals surface area contributed by atoms with Crippen molar-refractivity contribution >= 4 is 11.6 Å². The first-order chi connectivity index (χ1) is 6.16. The average Bonchev–Trinajstić information content (AvgIpc) is 2.13. The van der Waals surface area contributed by atoms with Crippen LogP contribution >= 0.6 is 11.6 Å². The molecule has 0 radical (unpaired) electrons. The summed E-state index contributed by atoms with van der Waals surface area (Å²) in [6.45, 7) is 0. The molecule has 0 aliphatic carbocycles. The van der Waals surface area contributed by atoms with Crippen molar-refractivity contribution in [3.63, 3.8) is 0 Å². The molecular formula is C9H8ClF3. The first kappa shape index (κ1) is 10.4. The molecule has 72 valence electrons. The molecule has 4 heteroatoms. The molecule has 0 aliphatic rings. The summed E-state index contributed by atoms with van der Waals surface area (Å²) in [4.78, 5) is 0. The highest BCUT2D eigenvalue weighted by Gasteiger charge is 2.12. The topological polar surface area (TPSA) is 0 Å². The van der Waals surface area contributed by atoms with Gasteiger partial charge < -0.3 is 0 Å². The molecule has 0 nitrogen and oxygen atoms in total. The van der Waals surface area contributed by atoms with E-state index >= 15 is 0 Å². The molecule has 1 aromatic rings. The van der Waals surface area contributed by atoms with E-state index in [0.717, 1.165) is 6.07 Å². The Bertz CT molecular complexity index is 299. The van der Waals surface area contributed by atoms with E-state index in [1.54, 1.807) is 0 Å². The second kappa shape index (κ2) is 4.51. The van der Waals surface area contributed by atoms with Crippen LogP contribution in [0.1, 0.15) is 12.0 Å². The number of hydrogen-bond donors (Lipinski definition) is 0. The maximum Gasteiger partial charge on any atom is 0.194 e. The number of halogens is 4. The molecule has 13 heavy (non-hydrogen) atoms. The van der Waals surface area contributed by atoms with Crippen LogP contribution in [0.15, 0.2) is 12.1 Å². The summed E-state index contributed by atoms with van der Waals surface area (Å²) in [6.07, 6.45) is 0.871. The lowest BCUT2D eigenvalue weighted by Crippen LogP contribution is -1.98. The Balaban J connectivity index is 2.90. The van der Waals surface area contributed by atoms with Crippen LogP contribution in [-0.4, -0.2) is 5.88 Å². The predicted octanol–water partition coefficient (Wildman–Crippen LogP) is 3.28. The molecule has 0 unspecified atom stereocenters. The molecule has 1 aromatic carbocycles. The normalized spacial score (nSPS) is 10.5. The zero-order valence-electron chi connectivity index (χ0n) is 6.79. The second-order valence-electron chi connectivity index (χ2n) is 2.63. The minimum Gasteiger partial charge on any atom is -0.204 e. The fourth-order valence-electron chi connectivity index (χ4n) is 1.02. The summed E-state index contributed by atoms with van der Waals surface area (Å²) in [5.74, 6) is -3.30. The maximum atomic E-state index is 12.9. The van der Waals surface area contributed by atoms with Crippen LogP contribution in [0.25, 0.3) is 0 Å². The highest BCUT2D eigenvalue weighted by molar-refractivity contribution is 6.17. The molecule has 0 aliphatic heterocycles. The molecule has 0 heterocycles. The van der Waals surface area contributed by atoms with Crippen molar-refractivity contribution in [3.8, 4) is 0 Å². The van der Waals surface area contributed by atoms with Crippen LogP contribution in [0.2, 0.25) is 0 Å². The zero-order chi connectivity index (χ0) is 9.84. The summed E-state index contributed by atoms with van der Waals surface area (Å²) in [5, 5.41) is 0. The molecule has 1 rings (SSSR count). The molecule has 0 fully saturated rings. The molecule has 0 saturated carbocycles. The lowest BCUT2D eigenvalue weighted by Gasteiger charge is -2.02. The van der Waals surface area contributed by atoms with Crippen LogP contribution in [0.4, 0.5) is 13.2 Å². The minimum atomic E-state index is -1.41. The van der Waals surface area contributed by atoms with Crippen molar-refractivity contribution in [2.75, 3.05) is 5.88 Å². The molecule has 0 spiro atoms. The van der Waals surface area contributed by atoms with E-state index in [9.17, 15) is 13.2 Å². The van der Waals surface area contributed by atoms with Crippen molar-refractivity contribution in [2.24, 2.45) is 0 Å². The van der Waals surface area contributed by atoms with Gasteiger partial charge in [-0.3, -0.25) is 0 Å². The van der Waals surface area contributed by atoms with Crippen molar-refractivity contribution in [2.45, 2.75) is 12.8 Å². The number of alkyl halides is 1. The Morgan fingerprint density at radius 1 is 1.08 bits per heavy atom. The number of hydrogen-bond acceptors (Lipinski definition) is 0. The van der Waals surface area contributed by atoms with Gasteiger partial charge in [0.05, 0.1) is 0 Å². The van der Waals surface area contributed by atoms with Gasteiger partial charge in [-0.2, -0.15) is 0 Å². The predicted molar refractivity (Wildman–Crippen MR) is 45.4 cm³/mol. The van der Waals surface area contributed by atoms with Crippen LogP contribution < -0.4 is 0 Å². The Kier molecular flexibility index (Phi) is 3.60. The summed E-state index contributed by atoms with van der Waals surface area (Å²) < 4.78 is 38.0. The first-order valence-electron chi connectivity index (χ1n) is 3.85. The summed E-state index contributed by atoms with van der Waals surface area (Å²) in [7, 11) is 0. The monoisotopic (exact) mass is 208 g/mol. The zero-order valence-corrected chi connectivity index (χ0v) is 7.54. The third-order valence-corrected chi connectivity index (χ3v) is 1.96. The van der Waals surface area contributed by atoms with Gasteiger partial charge >= 0.3 is 0 Å². The maximum absolute atomic E-state index is 12.9. The molecule has 0 bridgehead atoms. The van der Waals surface area contributed by atoms with Crippen molar-refractivity contribution in [1.82, 2.24) is 0 Å². The van der Waals surface area contributed by atoms with Crippen molar-refractivity contribution in [1.29, 1.82) is 0 Å². The molecule has 0 atom stereocenters.